The summed E-state index contributed by atoms with van der Waals surface area (Å²) in [5.74, 6) is -0.0906. The SMILES string of the molecule is CCC(CCNc1nc(NCC(F)(F)F)nc(C)c1-c1nc2ccccc2s1)COC(=O)CN. The fraction of sp³-hybridized carbons (Fsp3) is 0.455. The molecule has 0 bridgehead atoms. The molecule has 0 fully saturated rings. The van der Waals surface area contributed by atoms with E-state index in [2.05, 4.69) is 25.6 Å². The average molecular weight is 497 g/mol. The van der Waals surface area contributed by atoms with Crippen LogP contribution in [0.3, 0.4) is 0 Å². The quantitative estimate of drug-likeness (QED) is 0.335. The third kappa shape index (κ3) is 7.00. The van der Waals surface area contributed by atoms with Crippen molar-refractivity contribution in [2.45, 2.75) is 32.9 Å². The van der Waals surface area contributed by atoms with Crippen LogP contribution in [-0.4, -0.2) is 53.3 Å². The molecule has 1 unspecified atom stereocenters. The molecule has 0 saturated heterocycles. The molecule has 0 amide bonds. The molecular weight excluding hydrogens is 469 g/mol. The molecule has 184 valence electrons. The van der Waals surface area contributed by atoms with Crippen LogP contribution in [0.2, 0.25) is 0 Å². The minimum absolute atomic E-state index is 0.0969. The zero-order valence-corrected chi connectivity index (χ0v) is 19.7. The number of rotatable bonds is 11. The highest BCUT2D eigenvalue weighted by atomic mass is 32.1. The van der Waals surface area contributed by atoms with Gasteiger partial charge in [-0.1, -0.05) is 19.1 Å². The third-order valence-electron chi connectivity index (χ3n) is 5.11. The molecule has 1 aromatic carbocycles. The Kier molecular flexibility index (Phi) is 8.61. The molecule has 8 nitrogen and oxygen atoms in total. The number of fused-ring (bicyclic) bond motifs is 1. The van der Waals surface area contributed by atoms with E-state index in [1.807, 2.05) is 31.2 Å². The van der Waals surface area contributed by atoms with Gasteiger partial charge in [-0.3, -0.25) is 4.79 Å². The number of nitrogens with two attached hydrogens (primary N) is 1. The Bertz CT molecular complexity index is 1090. The highest BCUT2D eigenvalue weighted by Crippen LogP contribution is 2.36. The number of anilines is 2. The zero-order valence-electron chi connectivity index (χ0n) is 18.9. The number of carbonyl (C=O) groups is 1. The largest absolute Gasteiger partial charge is 0.464 e. The van der Waals surface area contributed by atoms with Crippen molar-refractivity contribution in [2.24, 2.45) is 11.7 Å². The zero-order chi connectivity index (χ0) is 24.7. The second-order valence-corrected chi connectivity index (χ2v) is 8.72. The molecule has 1 atom stereocenters. The molecular formula is C22H27F3N6O2S. The van der Waals surface area contributed by atoms with Crippen LogP contribution in [-0.2, 0) is 9.53 Å². The van der Waals surface area contributed by atoms with Gasteiger partial charge < -0.3 is 21.1 Å². The topological polar surface area (TPSA) is 115 Å². The monoisotopic (exact) mass is 496 g/mol. The molecule has 0 aliphatic rings. The number of ether oxygens (including phenoxy) is 1. The van der Waals surface area contributed by atoms with E-state index in [1.165, 1.54) is 11.3 Å². The number of alkyl halides is 3. The van der Waals surface area contributed by atoms with Crippen LogP contribution in [0.4, 0.5) is 24.9 Å². The van der Waals surface area contributed by atoms with Crippen molar-refractivity contribution < 1.29 is 22.7 Å². The maximum atomic E-state index is 12.7. The standard InChI is InChI=1S/C22H27F3N6O2S/c1-3-14(11-33-17(32)10-26)8-9-27-19-18(20-30-15-6-4-5-7-16(15)34-20)13(2)29-21(31-19)28-12-22(23,24)25/h4-7,14H,3,8-12,26H2,1-2H3,(H2,27,28,29,31). The predicted molar refractivity (Wildman–Crippen MR) is 127 cm³/mol. The molecule has 34 heavy (non-hydrogen) atoms. The number of hydrogen-bond donors (Lipinski definition) is 3. The average Bonchev–Trinajstić information content (AvgIpc) is 3.22. The van der Waals surface area contributed by atoms with Gasteiger partial charge in [0.25, 0.3) is 0 Å². The minimum atomic E-state index is -4.40. The Hall–Kier alpha value is -2.99. The van der Waals surface area contributed by atoms with E-state index in [1.54, 1.807) is 6.92 Å². The second kappa shape index (κ2) is 11.4. The molecule has 2 heterocycles. The minimum Gasteiger partial charge on any atom is -0.464 e. The number of para-hydroxylation sites is 1. The fourth-order valence-electron chi connectivity index (χ4n) is 3.26. The Morgan fingerprint density at radius 1 is 1.21 bits per heavy atom. The van der Waals surface area contributed by atoms with Gasteiger partial charge in [-0.15, -0.1) is 11.3 Å². The number of nitrogens with one attached hydrogen (secondary N) is 2. The lowest BCUT2D eigenvalue weighted by atomic mass is 10.0. The Labute approximate surface area is 199 Å². The molecule has 3 rings (SSSR count). The van der Waals surface area contributed by atoms with Crippen molar-refractivity contribution in [3.63, 3.8) is 0 Å². The lowest BCUT2D eigenvalue weighted by molar-refractivity contribution is -0.143. The van der Waals surface area contributed by atoms with Gasteiger partial charge in [0, 0.05) is 6.54 Å². The summed E-state index contributed by atoms with van der Waals surface area (Å²) in [4.78, 5) is 24.6. The van der Waals surface area contributed by atoms with Gasteiger partial charge in [0.15, 0.2) is 0 Å². The summed E-state index contributed by atoms with van der Waals surface area (Å²) < 4.78 is 44.2. The number of thiazole rings is 1. The van der Waals surface area contributed by atoms with Gasteiger partial charge in [0.2, 0.25) is 5.95 Å². The van der Waals surface area contributed by atoms with E-state index in [4.69, 9.17) is 10.5 Å². The molecule has 4 N–H and O–H groups in total. The molecule has 0 spiro atoms. The van der Waals surface area contributed by atoms with Gasteiger partial charge in [-0.2, -0.15) is 18.2 Å². The fourth-order valence-corrected chi connectivity index (χ4v) is 4.33. The summed E-state index contributed by atoms with van der Waals surface area (Å²) >= 11 is 1.46. The summed E-state index contributed by atoms with van der Waals surface area (Å²) in [7, 11) is 0. The number of esters is 1. The first-order valence-corrected chi connectivity index (χ1v) is 11.7. The van der Waals surface area contributed by atoms with E-state index in [-0.39, 0.29) is 25.0 Å². The van der Waals surface area contributed by atoms with Gasteiger partial charge >= 0.3 is 12.1 Å². The normalized spacial score (nSPS) is 12.5. The maximum absolute atomic E-state index is 12.7. The molecule has 2 aromatic heterocycles. The van der Waals surface area contributed by atoms with Crippen LogP contribution in [0.1, 0.15) is 25.5 Å². The number of aryl methyl sites for hydroxylation is 1. The lowest BCUT2D eigenvalue weighted by Crippen LogP contribution is -2.23. The lowest BCUT2D eigenvalue weighted by Gasteiger charge is -2.18. The molecule has 12 heteroatoms. The van der Waals surface area contributed by atoms with E-state index in [0.29, 0.717) is 35.0 Å². The van der Waals surface area contributed by atoms with Crippen molar-refractivity contribution >= 4 is 39.3 Å². The maximum Gasteiger partial charge on any atom is 0.405 e. The van der Waals surface area contributed by atoms with Crippen LogP contribution in [0.5, 0.6) is 0 Å². The van der Waals surface area contributed by atoms with Crippen molar-refractivity contribution in [2.75, 3.05) is 36.9 Å². The van der Waals surface area contributed by atoms with Gasteiger partial charge in [-0.05, 0) is 37.8 Å². The number of aromatic nitrogens is 3. The van der Waals surface area contributed by atoms with Gasteiger partial charge in [0.05, 0.1) is 34.6 Å². The van der Waals surface area contributed by atoms with E-state index < -0.39 is 18.7 Å². The molecule has 0 aliphatic carbocycles. The highest BCUT2D eigenvalue weighted by Gasteiger charge is 2.27. The van der Waals surface area contributed by atoms with Crippen molar-refractivity contribution in [1.29, 1.82) is 0 Å². The second-order valence-electron chi connectivity index (χ2n) is 7.69. The van der Waals surface area contributed by atoms with Crippen LogP contribution < -0.4 is 16.4 Å². The molecule has 3 aromatic rings. The van der Waals surface area contributed by atoms with Crippen molar-refractivity contribution in [3.05, 3.63) is 30.0 Å². The van der Waals surface area contributed by atoms with Crippen LogP contribution in [0.15, 0.2) is 24.3 Å². The van der Waals surface area contributed by atoms with E-state index in [9.17, 15) is 18.0 Å². The van der Waals surface area contributed by atoms with Gasteiger partial charge in [-0.25, -0.2) is 9.97 Å². The number of carbonyl (C=O) groups excluding carboxylic acids is 1. The molecule has 0 saturated carbocycles. The summed E-state index contributed by atoms with van der Waals surface area (Å²) in [6.07, 6.45) is -2.96. The van der Waals surface area contributed by atoms with Crippen LogP contribution in [0.25, 0.3) is 20.8 Å². The van der Waals surface area contributed by atoms with Crippen molar-refractivity contribution in [1.82, 2.24) is 15.0 Å². The summed E-state index contributed by atoms with van der Waals surface area (Å²) in [6, 6.07) is 7.65. The third-order valence-corrected chi connectivity index (χ3v) is 6.17. The van der Waals surface area contributed by atoms with E-state index >= 15 is 0 Å². The predicted octanol–water partition coefficient (Wildman–Crippen LogP) is 4.37. The smallest absolute Gasteiger partial charge is 0.405 e. The number of benzene rings is 1. The first-order valence-electron chi connectivity index (χ1n) is 10.8. The van der Waals surface area contributed by atoms with Crippen LogP contribution >= 0.6 is 11.3 Å². The first-order chi connectivity index (χ1) is 16.2. The highest BCUT2D eigenvalue weighted by molar-refractivity contribution is 7.21. The molecule has 0 radical (unpaired) electrons. The summed E-state index contributed by atoms with van der Waals surface area (Å²) in [6.45, 7) is 3.01. The number of halogens is 3. The molecule has 0 aliphatic heterocycles. The van der Waals surface area contributed by atoms with E-state index in [0.717, 1.165) is 16.6 Å². The Morgan fingerprint density at radius 3 is 2.65 bits per heavy atom. The number of nitrogens with zero attached hydrogens (tertiary/aromatic N) is 3. The Balaban J connectivity index is 1.84. The summed E-state index contributed by atoms with van der Waals surface area (Å²) in [5, 5.41) is 6.15. The Morgan fingerprint density at radius 2 is 1.97 bits per heavy atom. The number of hydrogen-bond acceptors (Lipinski definition) is 9. The first kappa shape index (κ1) is 25.6. The van der Waals surface area contributed by atoms with Crippen LogP contribution in [0, 0.1) is 12.8 Å². The van der Waals surface area contributed by atoms with Crippen molar-refractivity contribution in [3.8, 4) is 10.6 Å². The summed E-state index contributed by atoms with van der Waals surface area (Å²) in [5.41, 5.74) is 7.24. The van der Waals surface area contributed by atoms with Gasteiger partial charge in [0.1, 0.15) is 17.4 Å².